The topological polar surface area (TPSA) is 111 Å². The monoisotopic (exact) mass is 449 g/mol. The molecule has 0 aromatic carbocycles. The summed E-state index contributed by atoms with van der Waals surface area (Å²) in [5, 5.41) is 22.8. The Labute approximate surface area is 193 Å². The van der Waals surface area contributed by atoms with Crippen molar-refractivity contribution in [2.24, 2.45) is 0 Å². The zero-order chi connectivity index (χ0) is 22.6. The van der Waals surface area contributed by atoms with Crippen molar-refractivity contribution in [1.82, 2.24) is 24.8 Å². The highest BCUT2D eigenvalue weighted by Crippen LogP contribution is 2.28. The molecule has 5 rings (SSSR count). The molecule has 0 saturated carbocycles. The Morgan fingerprint density at radius 1 is 0.970 bits per heavy atom. The molecule has 9 nitrogen and oxygen atoms in total. The maximum absolute atomic E-state index is 9.41. The van der Waals surface area contributed by atoms with Crippen LogP contribution in [-0.2, 0) is 19.4 Å². The second-order valence-electron chi connectivity index (χ2n) is 8.77. The van der Waals surface area contributed by atoms with Crippen molar-refractivity contribution < 1.29 is 10.2 Å². The summed E-state index contributed by atoms with van der Waals surface area (Å²) in [4.78, 5) is 23.6. The number of nitrogens with one attached hydrogen (secondary N) is 1. The number of fused-ring (bicyclic) bond motifs is 2. The lowest BCUT2D eigenvalue weighted by Gasteiger charge is -2.28. The first kappa shape index (κ1) is 21.9. The third kappa shape index (κ3) is 4.90. The molecule has 2 aliphatic heterocycles. The highest BCUT2D eigenvalue weighted by atomic mass is 16.3. The molecule has 0 spiro atoms. The molecule has 3 N–H and O–H groups in total. The molecule has 3 aromatic rings. The summed E-state index contributed by atoms with van der Waals surface area (Å²) in [6.07, 6.45) is 6.75. The third-order valence-electron chi connectivity index (χ3n) is 6.41. The van der Waals surface area contributed by atoms with E-state index in [4.69, 9.17) is 15.0 Å². The van der Waals surface area contributed by atoms with Crippen molar-refractivity contribution >= 4 is 28.5 Å². The lowest BCUT2D eigenvalue weighted by molar-refractivity contribution is 0.183. The number of aliphatic hydroxyl groups excluding tert-OH is 2. The predicted octanol–water partition coefficient (Wildman–Crippen LogP) is 2.04. The molecule has 174 valence electrons. The van der Waals surface area contributed by atoms with E-state index in [0.717, 1.165) is 79.4 Å². The first-order chi connectivity index (χ1) is 16.2. The number of β-amino-alcohol motifs (C(OH)–C–C–N with tert-alkyl or cyclic N) is 1. The van der Waals surface area contributed by atoms with Crippen LogP contribution in [-0.4, -0.2) is 74.4 Å². The number of rotatable bonds is 7. The highest BCUT2D eigenvalue weighted by Gasteiger charge is 2.20. The zero-order valence-corrected chi connectivity index (χ0v) is 18.9. The van der Waals surface area contributed by atoms with Crippen molar-refractivity contribution in [1.29, 1.82) is 0 Å². The van der Waals surface area contributed by atoms with Crippen LogP contribution in [0.4, 0.5) is 17.6 Å². The average molecular weight is 450 g/mol. The van der Waals surface area contributed by atoms with E-state index >= 15 is 0 Å². The molecule has 1 fully saturated rings. The van der Waals surface area contributed by atoms with Gasteiger partial charge in [-0.2, -0.15) is 0 Å². The van der Waals surface area contributed by atoms with Gasteiger partial charge in [0.2, 0.25) is 5.95 Å². The van der Waals surface area contributed by atoms with Crippen molar-refractivity contribution in [3.63, 3.8) is 0 Å². The van der Waals surface area contributed by atoms with Crippen LogP contribution in [0.3, 0.4) is 0 Å². The minimum Gasteiger partial charge on any atom is -0.396 e. The number of aromatic nitrogens is 4. The van der Waals surface area contributed by atoms with E-state index in [9.17, 15) is 10.2 Å². The highest BCUT2D eigenvalue weighted by molar-refractivity contribution is 5.89. The molecule has 5 heterocycles. The molecule has 9 heteroatoms. The first-order valence-electron chi connectivity index (χ1n) is 11.8. The summed E-state index contributed by atoms with van der Waals surface area (Å²) in [5.41, 5.74) is 3.97. The van der Waals surface area contributed by atoms with Gasteiger partial charge in [0.05, 0.1) is 6.61 Å². The Morgan fingerprint density at radius 2 is 1.85 bits per heavy atom. The molecule has 33 heavy (non-hydrogen) atoms. The van der Waals surface area contributed by atoms with Crippen molar-refractivity contribution in [3.8, 4) is 0 Å². The standard InChI is InChI=1S/C24H31N7O2/c32-12-7-19-14-18-15-25-24(29-22(18)23(26-19)31-8-2-1-3-9-31)28-21-5-4-17-16-30(11-13-33)10-6-20(17)27-21/h4-5,14-15,32-33H,1-3,6-13,16H2,(H,25,27,28,29). The predicted molar refractivity (Wildman–Crippen MR) is 128 cm³/mol. The second kappa shape index (κ2) is 9.94. The van der Waals surface area contributed by atoms with E-state index in [1.54, 1.807) is 0 Å². The van der Waals surface area contributed by atoms with Crippen LogP contribution >= 0.6 is 0 Å². The molecule has 1 saturated heterocycles. The Balaban J connectivity index is 1.43. The summed E-state index contributed by atoms with van der Waals surface area (Å²) < 4.78 is 0. The maximum Gasteiger partial charge on any atom is 0.229 e. The van der Waals surface area contributed by atoms with Gasteiger partial charge in [0.15, 0.2) is 5.82 Å². The molecular formula is C24H31N7O2. The van der Waals surface area contributed by atoms with Gasteiger partial charge < -0.3 is 20.4 Å². The lowest BCUT2D eigenvalue weighted by atomic mass is 10.1. The van der Waals surface area contributed by atoms with Gasteiger partial charge in [-0.25, -0.2) is 19.9 Å². The molecule has 2 aliphatic rings. The Morgan fingerprint density at radius 3 is 2.67 bits per heavy atom. The summed E-state index contributed by atoms with van der Waals surface area (Å²) in [6, 6.07) is 6.03. The van der Waals surface area contributed by atoms with Gasteiger partial charge in [0.25, 0.3) is 0 Å². The van der Waals surface area contributed by atoms with E-state index in [-0.39, 0.29) is 13.2 Å². The summed E-state index contributed by atoms with van der Waals surface area (Å²) in [7, 11) is 0. The summed E-state index contributed by atoms with van der Waals surface area (Å²) in [5.74, 6) is 2.11. The Bertz CT molecular complexity index is 1120. The maximum atomic E-state index is 9.41. The number of nitrogens with zero attached hydrogens (tertiary/aromatic N) is 6. The second-order valence-corrected chi connectivity index (χ2v) is 8.77. The van der Waals surface area contributed by atoms with E-state index in [0.29, 0.717) is 18.9 Å². The van der Waals surface area contributed by atoms with E-state index in [1.807, 2.05) is 18.3 Å². The van der Waals surface area contributed by atoms with Crippen LogP contribution in [0.2, 0.25) is 0 Å². The van der Waals surface area contributed by atoms with Crippen LogP contribution in [0, 0.1) is 0 Å². The zero-order valence-electron chi connectivity index (χ0n) is 18.9. The fraction of sp³-hybridized carbons (Fsp3) is 0.500. The quantitative estimate of drug-likeness (QED) is 0.499. The summed E-state index contributed by atoms with van der Waals surface area (Å²) in [6.45, 7) is 4.60. The molecule has 0 atom stereocenters. The smallest absolute Gasteiger partial charge is 0.229 e. The van der Waals surface area contributed by atoms with Crippen molar-refractivity contribution in [2.45, 2.75) is 38.6 Å². The largest absolute Gasteiger partial charge is 0.396 e. The van der Waals surface area contributed by atoms with Crippen LogP contribution in [0.25, 0.3) is 10.9 Å². The Kier molecular flexibility index (Phi) is 6.61. The molecule has 0 aliphatic carbocycles. The number of hydrogen-bond donors (Lipinski definition) is 3. The molecular weight excluding hydrogens is 418 g/mol. The lowest BCUT2D eigenvalue weighted by Crippen LogP contribution is -2.33. The SMILES string of the molecule is OCCc1cc2cnc(Nc3ccc4c(n3)CCN(CCO)C4)nc2c(N2CCCCC2)n1. The minimum absolute atomic E-state index is 0.0696. The molecule has 3 aromatic heterocycles. The number of anilines is 3. The van der Waals surface area contributed by atoms with Crippen LogP contribution < -0.4 is 10.2 Å². The number of piperidine rings is 1. The average Bonchev–Trinajstić information content (AvgIpc) is 2.85. The van der Waals surface area contributed by atoms with Gasteiger partial charge >= 0.3 is 0 Å². The molecule has 0 radical (unpaired) electrons. The van der Waals surface area contributed by atoms with Gasteiger partial charge in [-0.1, -0.05) is 6.07 Å². The molecule has 0 amide bonds. The number of hydrogen-bond acceptors (Lipinski definition) is 9. The van der Waals surface area contributed by atoms with E-state index < -0.39 is 0 Å². The van der Waals surface area contributed by atoms with Crippen LogP contribution in [0.5, 0.6) is 0 Å². The van der Waals surface area contributed by atoms with Gasteiger partial charge in [0, 0.05) is 75.1 Å². The van der Waals surface area contributed by atoms with Crippen molar-refractivity contribution in [2.75, 3.05) is 49.6 Å². The Hall–Kier alpha value is -2.88. The minimum atomic E-state index is 0.0696. The van der Waals surface area contributed by atoms with E-state index in [2.05, 4.69) is 26.2 Å². The normalized spacial score (nSPS) is 16.7. The third-order valence-corrected chi connectivity index (χ3v) is 6.41. The van der Waals surface area contributed by atoms with Crippen LogP contribution in [0.15, 0.2) is 24.4 Å². The van der Waals surface area contributed by atoms with Crippen molar-refractivity contribution in [3.05, 3.63) is 41.3 Å². The number of aliphatic hydroxyl groups is 2. The van der Waals surface area contributed by atoms with E-state index in [1.165, 1.54) is 12.0 Å². The van der Waals surface area contributed by atoms with Gasteiger partial charge in [0.1, 0.15) is 11.3 Å². The summed E-state index contributed by atoms with van der Waals surface area (Å²) >= 11 is 0. The number of pyridine rings is 2. The molecule has 0 bridgehead atoms. The van der Waals surface area contributed by atoms with Crippen LogP contribution in [0.1, 0.15) is 36.2 Å². The first-order valence-corrected chi connectivity index (χ1v) is 11.8. The van der Waals surface area contributed by atoms with Gasteiger partial charge in [-0.15, -0.1) is 0 Å². The fourth-order valence-electron chi connectivity index (χ4n) is 4.70. The fourth-order valence-corrected chi connectivity index (χ4v) is 4.70. The van der Waals surface area contributed by atoms with Gasteiger partial charge in [-0.3, -0.25) is 4.90 Å². The van der Waals surface area contributed by atoms with Gasteiger partial charge in [-0.05, 0) is 37.0 Å². The molecule has 0 unspecified atom stereocenters.